The van der Waals surface area contributed by atoms with E-state index in [-0.39, 0.29) is 18.4 Å². The van der Waals surface area contributed by atoms with Gasteiger partial charge in [-0.25, -0.2) is 9.59 Å². The van der Waals surface area contributed by atoms with Crippen molar-refractivity contribution >= 4 is 57.7 Å². The Morgan fingerprint density at radius 3 is 2.52 bits per heavy atom. The molecule has 0 bridgehead atoms. The van der Waals surface area contributed by atoms with E-state index in [1.165, 1.54) is 23.1 Å². The highest BCUT2D eigenvalue weighted by atomic mass is 32.2. The standard InChI is InChI=1S/C29H39N3O6S2/c1-7-11-23(33)30-18-12-10-13-19(16-18)39-21(8-2)25(34)31-26-24(27(35)37-9-3)20-14-15-32(17-22(20)40-26)28(36)38-29(4,5)6/h10,12-13,16,21H,7-9,11,14-15,17H2,1-6H3,(H,30,33)(H,31,34). The van der Waals surface area contributed by atoms with Crippen LogP contribution >= 0.6 is 23.1 Å². The van der Waals surface area contributed by atoms with E-state index < -0.39 is 22.9 Å². The normalized spacial score (nSPS) is 13.7. The number of nitrogens with one attached hydrogen (secondary N) is 2. The topological polar surface area (TPSA) is 114 Å². The monoisotopic (exact) mass is 589 g/mol. The molecule has 2 heterocycles. The summed E-state index contributed by atoms with van der Waals surface area (Å²) in [5, 5.41) is 5.86. The van der Waals surface area contributed by atoms with Crippen molar-refractivity contribution in [3.8, 4) is 0 Å². The van der Waals surface area contributed by atoms with E-state index in [0.717, 1.165) is 21.8 Å². The molecule has 3 rings (SSSR count). The van der Waals surface area contributed by atoms with Crippen LogP contribution in [-0.2, 0) is 32.0 Å². The average Bonchev–Trinajstić information content (AvgIpc) is 3.23. The number of fused-ring (bicyclic) bond motifs is 1. The minimum Gasteiger partial charge on any atom is -0.462 e. The van der Waals surface area contributed by atoms with Crippen LogP contribution in [0.5, 0.6) is 0 Å². The average molecular weight is 590 g/mol. The molecule has 40 heavy (non-hydrogen) atoms. The van der Waals surface area contributed by atoms with Crippen LogP contribution in [0.25, 0.3) is 0 Å². The predicted octanol–water partition coefficient (Wildman–Crippen LogP) is 6.47. The van der Waals surface area contributed by atoms with Crippen molar-refractivity contribution in [3.05, 3.63) is 40.3 Å². The second kappa shape index (κ2) is 14.0. The van der Waals surface area contributed by atoms with Gasteiger partial charge in [-0.1, -0.05) is 19.9 Å². The van der Waals surface area contributed by atoms with Gasteiger partial charge in [0.05, 0.1) is 24.0 Å². The number of thiophene rings is 1. The maximum atomic E-state index is 13.4. The number of carbonyl (C=O) groups is 4. The first-order valence-electron chi connectivity index (χ1n) is 13.6. The van der Waals surface area contributed by atoms with Crippen LogP contribution in [0.15, 0.2) is 29.2 Å². The SMILES string of the molecule is CCCC(=O)Nc1cccc(SC(CC)C(=O)Nc2sc3c(c2C(=O)OCC)CCN(C(=O)OC(C)(C)C)C3)c1. The summed E-state index contributed by atoms with van der Waals surface area (Å²) in [4.78, 5) is 54.4. The fraction of sp³-hybridized carbons (Fsp3) is 0.517. The van der Waals surface area contributed by atoms with E-state index >= 15 is 0 Å². The van der Waals surface area contributed by atoms with E-state index in [1.807, 2.05) is 58.9 Å². The van der Waals surface area contributed by atoms with Crippen molar-refractivity contribution in [1.29, 1.82) is 0 Å². The molecule has 1 unspecified atom stereocenters. The van der Waals surface area contributed by atoms with E-state index in [0.29, 0.717) is 48.6 Å². The molecule has 0 saturated carbocycles. The number of carbonyl (C=O) groups excluding carboxylic acids is 4. The summed E-state index contributed by atoms with van der Waals surface area (Å²) in [5.41, 5.74) is 1.23. The number of hydrogen-bond acceptors (Lipinski definition) is 8. The molecular formula is C29H39N3O6S2. The number of esters is 1. The number of ether oxygens (including phenoxy) is 2. The lowest BCUT2D eigenvalue weighted by Gasteiger charge is -2.30. The molecular weight excluding hydrogens is 550 g/mol. The Kier molecular flexibility index (Phi) is 11.0. The maximum absolute atomic E-state index is 13.4. The maximum Gasteiger partial charge on any atom is 0.410 e. The van der Waals surface area contributed by atoms with Crippen LogP contribution in [0.3, 0.4) is 0 Å². The number of rotatable bonds is 10. The molecule has 3 amide bonds. The van der Waals surface area contributed by atoms with Crippen LogP contribution in [-0.4, -0.2) is 52.8 Å². The van der Waals surface area contributed by atoms with Crippen LogP contribution < -0.4 is 10.6 Å². The summed E-state index contributed by atoms with van der Waals surface area (Å²) in [6.45, 7) is 12.0. The molecule has 11 heteroatoms. The summed E-state index contributed by atoms with van der Waals surface area (Å²) in [6, 6.07) is 7.42. The third-order valence-electron chi connectivity index (χ3n) is 5.96. The van der Waals surface area contributed by atoms with E-state index in [4.69, 9.17) is 9.47 Å². The Morgan fingerprint density at radius 1 is 1.12 bits per heavy atom. The molecule has 0 spiro atoms. The lowest BCUT2D eigenvalue weighted by Crippen LogP contribution is -2.39. The second-order valence-electron chi connectivity index (χ2n) is 10.4. The zero-order valence-electron chi connectivity index (χ0n) is 24.0. The minimum absolute atomic E-state index is 0.0483. The molecule has 0 radical (unpaired) electrons. The zero-order valence-corrected chi connectivity index (χ0v) is 25.7. The number of hydrogen-bond donors (Lipinski definition) is 2. The van der Waals surface area contributed by atoms with Crippen LogP contribution in [0.2, 0.25) is 0 Å². The smallest absolute Gasteiger partial charge is 0.410 e. The molecule has 218 valence electrons. The molecule has 0 fully saturated rings. The Labute approximate surface area is 244 Å². The van der Waals surface area contributed by atoms with E-state index in [2.05, 4.69) is 10.6 Å². The van der Waals surface area contributed by atoms with Gasteiger partial charge in [-0.05, 0) is 70.7 Å². The van der Waals surface area contributed by atoms with Crippen molar-refractivity contribution in [2.24, 2.45) is 0 Å². The van der Waals surface area contributed by atoms with Gasteiger partial charge in [-0.15, -0.1) is 23.1 Å². The molecule has 2 aromatic rings. The number of thioether (sulfide) groups is 1. The zero-order chi connectivity index (χ0) is 29.4. The molecule has 1 aliphatic rings. The third-order valence-corrected chi connectivity index (χ3v) is 8.45. The molecule has 9 nitrogen and oxygen atoms in total. The van der Waals surface area contributed by atoms with Crippen molar-refractivity contribution < 1.29 is 28.7 Å². The van der Waals surface area contributed by atoms with Gasteiger partial charge in [-0.3, -0.25) is 9.59 Å². The highest BCUT2D eigenvalue weighted by Crippen LogP contribution is 2.39. The molecule has 1 atom stereocenters. The fourth-order valence-electron chi connectivity index (χ4n) is 4.17. The molecule has 1 aromatic carbocycles. The number of anilines is 2. The van der Waals surface area contributed by atoms with Crippen LogP contribution in [0.4, 0.5) is 15.5 Å². The Hall–Kier alpha value is -3.05. The molecule has 0 saturated heterocycles. The van der Waals surface area contributed by atoms with Gasteiger partial charge in [0, 0.05) is 28.4 Å². The summed E-state index contributed by atoms with van der Waals surface area (Å²) in [6.07, 6.45) is 1.80. The Balaban J connectivity index is 1.79. The van der Waals surface area contributed by atoms with Gasteiger partial charge in [-0.2, -0.15) is 0 Å². The van der Waals surface area contributed by atoms with Crippen LogP contribution in [0.1, 0.15) is 81.6 Å². The molecule has 1 aliphatic heterocycles. The van der Waals surface area contributed by atoms with Gasteiger partial charge < -0.3 is 25.0 Å². The van der Waals surface area contributed by atoms with Crippen molar-refractivity contribution in [3.63, 3.8) is 0 Å². The predicted molar refractivity (Wildman–Crippen MR) is 159 cm³/mol. The quantitative estimate of drug-likeness (QED) is 0.241. The Morgan fingerprint density at radius 2 is 1.88 bits per heavy atom. The summed E-state index contributed by atoms with van der Waals surface area (Å²) < 4.78 is 10.9. The first kappa shape index (κ1) is 31.5. The van der Waals surface area contributed by atoms with Gasteiger partial charge in [0.25, 0.3) is 0 Å². The summed E-state index contributed by atoms with van der Waals surface area (Å²) in [7, 11) is 0. The lowest BCUT2D eigenvalue weighted by molar-refractivity contribution is -0.116. The van der Waals surface area contributed by atoms with Gasteiger partial charge in [0.2, 0.25) is 11.8 Å². The first-order chi connectivity index (χ1) is 18.9. The third kappa shape index (κ3) is 8.47. The largest absolute Gasteiger partial charge is 0.462 e. The van der Waals surface area contributed by atoms with E-state index in [1.54, 1.807) is 11.8 Å². The minimum atomic E-state index is -0.616. The number of benzene rings is 1. The molecule has 0 aliphatic carbocycles. The van der Waals surface area contributed by atoms with Crippen molar-refractivity contribution in [2.75, 3.05) is 23.8 Å². The highest BCUT2D eigenvalue weighted by Gasteiger charge is 2.33. The lowest BCUT2D eigenvalue weighted by atomic mass is 10.0. The summed E-state index contributed by atoms with van der Waals surface area (Å²) in [5.74, 6) is -0.772. The van der Waals surface area contributed by atoms with Gasteiger partial charge in [0.1, 0.15) is 10.6 Å². The van der Waals surface area contributed by atoms with Crippen molar-refractivity contribution in [1.82, 2.24) is 4.90 Å². The number of nitrogens with zero attached hydrogens (tertiary/aromatic N) is 1. The van der Waals surface area contributed by atoms with Gasteiger partial charge >= 0.3 is 12.1 Å². The molecule has 1 aromatic heterocycles. The van der Waals surface area contributed by atoms with Crippen molar-refractivity contribution in [2.45, 2.75) is 89.5 Å². The first-order valence-corrected chi connectivity index (χ1v) is 15.3. The summed E-state index contributed by atoms with van der Waals surface area (Å²) >= 11 is 2.69. The Bertz CT molecular complexity index is 1240. The van der Waals surface area contributed by atoms with Gasteiger partial charge in [0.15, 0.2) is 0 Å². The van der Waals surface area contributed by atoms with Crippen LogP contribution in [0, 0.1) is 0 Å². The molecule has 2 N–H and O–H groups in total. The second-order valence-corrected chi connectivity index (χ2v) is 12.8. The fourth-order valence-corrected chi connectivity index (χ4v) is 6.44. The number of amides is 3. The van der Waals surface area contributed by atoms with E-state index in [9.17, 15) is 19.2 Å². The highest BCUT2D eigenvalue weighted by molar-refractivity contribution is 8.00.